The van der Waals surface area contributed by atoms with Crippen LogP contribution in [-0.4, -0.2) is 44.1 Å². The molecule has 2 aromatic rings. The average molecular weight is 290 g/mol. The summed E-state index contributed by atoms with van der Waals surface area (Å²) in [5.74, 6) is 0.146. The third kappa shape index (κ3) is 2.20. The zero-order chi connectivity index (χ0) is 15.2. The molecule has 3 N–H and O–H groups in total. The van der Waals surface area contributed by atoms with Gasteiger partial charge in [0, 0.05) is 5.92 Å². The third-order valence-corrected chi connectivity index (χ3v) is 4.09. The molecular formula is C15H18N2O4. The number of aliphatic hydroxyl groups is 2. The lowest BCUT2D eigenvalue weighted by Gasteiger charge is -2.29. The van der Waals surface area contributed by atoms with E-state index in [0.717, 1.165) is 24.2 Å². The van der Waals surface area contributed by atoms with Crippen LogP contribution in [0.1, 0.15) is 41.9 Å². The van der Waals surface area contributed by atoms with Gasteiger partial charge in [0.25, 0.3) is 0 Å². The summed E-state index contributed by atoms with van der Waals surface area (Å²) in [5, 5.41) is 28.4. The number of carbonyl (C=O) groups is 1. The van der Waals surface area contributed by atoms with E-state index in [2.05, 4.69) is 4.98 Å². The lowest BCUT2D eigenvalue weighted by atomic mass is 10.0. The molecule has 0 atom stereocenters. The Bertz CT molecular complexity index is 699. The van der Waals surface area contributed by atoms with E-state index in [1.165, 1.54) is 12.1 Å². The van der Waals surface area contributed by atoms with Crippen LogP contribution in [-0.2, 0) is 5.54 Å². The van der Waals surface area contributed by atoms with Crippen molar-refractivity contribution in [3.8, 4) is 0 Å². The Hall–Kier alpha value is -1.92. The van der Waals surface area contributed by atoms with Gasteiger partial charge in [-0.2, -0.15) is 0 Å². The van der Waals surface area contributed by atoms with Gasteiger partial charge in [0.1, 0.15) is 5.82 Å². The molecule has 1 aliphatic carbocycles. The van der Waals surface area contributed by atoms with Gasteiger partial charge in [0.2, 0.25) is 0 Å². The van der Waals surface area contributed by atoms with E-state index in [9.17, 15) is 15.0 Å². The van der Waals surface area contributed by atoms with E-state index in [4.69, 9.17) is 5.11 Å². The lowest BCUT2D eigenvalue weighted by Crippen LogP contribution is -2.39. The predicted molar refractivity (Wildman–Crippen MR) is 76.5 cm³/mol. The first-order chi connectivity index (χ1) is 10.00. The van der Waals surface area contributed by atoms with E-state index < -0.39 is 11.5 Å². The van der Waals surface area contributed by atoms with Crippen LogP contribution in [0.4, 0.5) is 0 Å². The zero-order valence-corrected chi connectivity index (χ0v) is 11.8. The molecule has 1 aliphatic rings. The summed E-state index contributed by atoms with van der Waals surface area (Å²) in [5.41, 5.74) is 0.666. The summed E-state index contributed by atoms with van der Waals surface area (Å²) in [7, 11) is 0. The number of imidazole rings is 1. The first-order valence-electron chi connectivity index (χ1n) is 6.98. The van der Waals surface area contributed by atoms with Crippen LogP contribution in [0.15, 0.2) is 18.2 Å². The van der Waals surface area contributed by atoms with Crippen LogP contribution in [0, 0.1) is 0 Å². The molecule has 1 aromatic heterocycles. The normalized spacial score (nSPS) is 15.6. The first-order valence-corrected chi connectivity index (χ1v) is 6.98. The van der Waals surface area contributed by atoms with Gasteiger partial charge in [-0.15, -0.1) is 0 Å². The quantitative estimate of drug-likeness (QED) is 0.771. The zero-order valence-electron chi connectivity index (χ0n) is 11.8. The van der Waals surface area contributed by atoms with Crippen LogP contribution in [0.5, 0.6) is 0 Å². The Kier molecular flexibility index (Phi) is 3.22. The van der Waals surface area contributed by atoms with Crippen molar-refractivity contribution in [3.63, 3.8) is 0 Å². The number of hydrogen-bond donors (Lipinski definition) is 3. The van der Waals surface area contributed by atoms with Gasteiger partial charge in [-0.05, 0) is 38.0 Å². The lowest BCUT2D eigenvalue weighted by molar-refractivity contribution is 0.0696. The number of nitrogens with zero attached hydrogens (tertiary/aromatic N) is 2. The van der Waals surface area contributed by atoms with Crippen molar-refractivity contribution >= 4 is 17.0 Å². The maximum atomic E-state index is 11.1. The number of aromatic carboxylic acids is 1. The van der Waals surface area contributed by atoms with Crippen LogP contribution in [0.3, 0.4) is 0 Å². The molecule has 0 bridgehead atoms. The summed E-state index contributed by atoms with van der Waals surface area (Å²) < 4.78 is 1.87. The number of benzene rings is 1. The third-order valence-electron chi connectivity index (χ3n) is 4.09. The molecule has 0 spiro atoms. The number of fused-ring (bicyclic) bond motifs is 1. The van der Waals surface area contributed by atoms with Gasteiger partial charge in [0.05, 0.1) is 35.3 Å². The number of hydrogen-bond acceptors (Lipinski definition) is 4. The number of aliphatic hydroxyl groups excluding tert-OH is 2. The van der Waals surface area contributed by atoms with E-state index in [1.54, 1.807) is 13.0 Å². The Balaban J connectivity index is 2.25. The van der Waals surface area contributed by atoms with Crippen molar-refractivity contribution in [2.45, 2.75) is 31.2 Å². The summed E-state index contributed by atoms with van der Waals surface area (Å²) in [4.78, 5) is 15.6. The van der Waals surface area contributed by atoms with Crippen LogP contribution < -0.4 is 0 Å². The van der Waals surface area contributed by atoms with Crippen molar-refractivity contribution in [3.05, 3.63) is 29.6 Å². The second-order valence-corrected chi connectivity index (χ2v) is 5.90. The highest BCUT2D eigenvalue weighted by Crippen LogP contribution is 2.42. The molecule has 21 heavy (non-hydrogen) atoms. The topological polar surface area (TPSA) is 95.6 Å². The highest BCUT2D eigenvalue weighted by atomic mass is 16.4. The molecule has 0 saturated heterocycles. The monoisotopic (exact) mass is 290 g/mol. The van der Waals surface area contributed by atoms with Crippen molar-refractivity contribution in [2.75, 3.05) is 13.2 Å². The predicted octanol–water partition coefficient (Wildman–Crippen LogP) is 1.31. The number of carboxylic acids is 1. The molecule has 0 radical (unpaired) electrons. The van der Waals surface area contributed by atoms with Gasteiger partial charge < -0.3 is 19.9 Å². The Labute approximate surface area is 121 Å². The van der Waals surface area contributed by atoms with Gasteiger partial charge in [-0.3, -0.25) is 0 Å². The number of carboxylic acid groups (broad SMARTS) is 1. The molecule has 0 unspecified atom stereocenters. The summed E-state index contributed by atoms with van der Waals surface area (Å²) in [6.45, 7) is 1.34. The highest BCUT2D eigenvalue weighted by molar-refractivity contribution is 5.92. The maximum Gasteiger partial charge on any atom is 0.335 e. The minimum atomic E-state index is -0.994. The molecule has 3 rings (SSSR count). The maximum absolute atomic E-state index is 11.1. The van der Waals surface area contributed by atoms with Gasteiger partial charge >= 0.3 is 5.97 Å². The van der Waals surface area contributed by atoms with Crippen molar-refractivity contribution in [1.82, 2.24) is 9.55 Å². The van der Waals surface area contributed by atoms with Gasteiger partial charge in [-0.25, -0.2) is 9.78 Å². The summed E-state index contributed by atoms with van der Waals surface area (Å²) >= 11 is 0. The molecule has 1 heterocycles. The minimum Gasteiger partial charge on any atom is -0.478 e. The fourth-order valence-corrected chi connectivity index (χ4v) is 2.61. The molecule has 6 nitrogen and oxygen atoms in total. The number of aromatic nitrogens is 2. The Morgan fingerprint density at radius 3 is 2.57 bits per heavy atom. The molecule has 0 aliphatic heterocycles. The van der Waals surface area contributed by atoms with Crippen molar-refractivity contribution in [1.29, 1.82) is 0 Å². The van der Waals surface area contributed by atoms with Crippen LogP contribution in [0.2, 0.25) is 0 Å². The fraction of sp³-hybridized carbons (Fsp3) is 0.467. The molecule has 0 amide bonds. The van der Waals surface area contributed by atoms with Crippen molar-refractivity contribution in [2.24, 2.45) is 0 Å². The van der Waals surface area contributed by atoms with Gasteiger partial charge in [0.15, 0.2) is 0 Å². The van der Waals surface area contributed by atoms with Crippen molar-refractivity contribution < 1.29 is 20.1 Å². The van der Waals surface area contributed by atoms with E-state index in [0.29, 0.717) is 11.4 Å². The summed E-state index contributed by atoms with van der Waals surface area (Å²) in [6.07, 6.45) is 2.06. The molecule has 1 fully saturated rings. The first kappa shape index (κ1) is 14.0. The Morgan fingerprint density at radius 1 is 1.38 bits per heavy atom. The molecule has 6 heteroatoms. The molecule has 1 saturated carbocycles. The minimum absolute atomic E-state index is 0.184. The number of rotatable bonds is 5. The fourth-order valence-electron chi connectivity index (χ4n) is 2.61. The average Bonchev–Trinajstić information content (AvgIpc) is 3.26. The highest BCUT2D eigenvalue weighted by Gasteiger charge is 2.36. The van der Waals surface area contributed by atoms with E-state index >= 15 is 0 Å². The molecule has 112 valence electrons. The SMILES string of the molecule is CC(CO)(CO)n1c(C2CC2)nc2cc(C(=O)O)ccc21. The smallest absolute Gasteiger partial charge is 0.335 e. The summed E-state index contributed by atoms with van der Waals surface area (Å²) in [6, 6.07) is 4.76. The molecular weight excluding hydrogens is 272 g/mol. The largest absolute Gasteiger partial charge is 0.478 e. The Morgan fingerprint density at radius 2 is 2.05 bits per heavy atom. The van der Waals surface area contributed by atoms with E-state index in [-0.39, 0.29) is 18.8 Å². The van der Waals surface area contributed by atoms with Gasteiger partial charge in [-0.1, -0.05) is 0 Å². The second-order valence-electron chi connectivity index (χ2n) is 5.90. The second kappa shape index (κ2) is 4.82. The molecule has 1 aromatic carbocycles. The van der Waals surface area contributed by atoms with E-state index in [1.807, 2.05) is 4.57 Å². The van der Waals surface area contributed by atoms with Crippen LogP contribution >= 0.6 is 0 Å². The standard InChI is InChI=1S/C15H18N2O4/c1-15(7-18,8-19)17-12-5-4-10(14(20)21)6-11(12)16-13(17)9-2-3-9/h4-6,9,18-19H,2-3,7-8H2,1H3,(H,20,21). The van der Waals surface area contributed by atoms with Crippen LogP contribution in [0.25, 0.3) is 11.0 Å².